The number of benzene rings is 1. The SMILES string of the molecule is CCCOc1c(Cl)cc(CNC(CC)CO)cc1OCC. The van der Waals surface area contributed by atoms with Crippen molar-refractivity contribution in [2.45, 2.75) is 46.2 Å². The zero-order valence-corrected chi connectivity index (χ0v) is 13.9. The smallest absolute Gasteiger partial charge is 0.179 e. The van der Waals surface area contributed by atoms with Gasteiger partial charge in [0.15, 0.2) is 11.5 Å². The van der Waals surface area contributed by atoms with E-state index in [0.717, 1.165) is 18.4 Å². The van der Waals surface area contributed by atoms with Gasteiger partial charge in [-0.25, -0.2) is 0 Å². The topological polar surface area (TPSA) is 50.7 Å². The summed E-state index contributed by atoms with van der Waals surface area (Å²) in [5, 5.41) is 13.1. The van der Waals surface area contributed by atoms with Crippen molar-refractivity contribution in [3.8, 4) is 11.5 Å². The third-order valence-corrected chi connectivity index (χ3v) is 3.41. The molecule has 1 atom stereocenters. The third-order valence-electron chi connectivity index (χ3n) is 3.13. The molecule has 0 bridgehead atoms. The number of halogens is 1. The summed E-state index contributed by atoms with van der Waals surface area (Å²) in [6.45, 7) is 7.94. The van der Waals surface area contributed by atoms with Gasteiger partial charge in [-0.05, 0) is 37.5 Å². The van der Waals surface area contributed by atoms with E-state index in [9.17, 15) is 5.11 Å². The predicted molar refractivity (Wildman–Crippen MR) is 86.4 cm³/mol. The van der Waals surface area contributed by atoms with Crippen LogP contribution in [0.15, 0.2) is 12.1 Å². The highest BCUT2D eigenvalue weighted by atomic mass is 35.5. The molecule has 4 nitrogen and oxygen atoms in total. The Hall–Kier alpha value is -0.970. The van der Waals surface area contributed by atoms with Gasteiger partial charge in [-0.1, -0.05) is 25.4 Å². The van der Waals surface area contributed by atoms with Gasteiger partial charge in [0.05, 0.1) is 24.8 Å². The molecule has 0 aliphatic rings. The predicted octanol–water partition coefficient (Wildman–Crippen LogP) is 3.39. The van der Waals surface area contributed by atoms with Crippen molar-refractivity contribution < 1.29 is 14.6 Å². The summed E-state index contributed by atoms with van der Waals surface area (Å²) in [6.07, 6.45) is 1.79. The summed E-state index contributed by atoms with van der Waals surface area (Å²) in [7, 11) is 0. The Bertz CT molecular complexity index is 422. The Morgan fingerprint density at radius 3 is 2.57 bits per heavy atom. The Labute approximate surface area is 132 Å². The van der Waals surface area contributed by atoms with Crippen molar-refractivity contribution in [2.75, 3.05) is 19.8 Å². The summed E-state index contributed by atoms with van der Waals surface area (Å²) >= 11 is 6.31. The van der Waals surface area contributed by atoms with E-state index in [2.05, 4.69) is 5.32 Å². The van der Waals surface area contributed by atoms with Gasteiger partial charge < -0.3 is 19.9 Å². The fourth-order valence-corrected chi connectivity index (χ4v) is 2.22. The van der Waals surface area contributed by atoms with Gasteiger partial charge in [0.2, 0.25) is 0 Å². The average molecular weight is 316 g/mol. The van der Waals surface area contributed by atoms with Crippen LogP contribution in [0.25, 0.3) is 0 Å². The second kappa shape index (κ2) is 9.87. The molecule has 0 amide bonds. The molecule has 0 heterocycles. The highest BCUT2D eigenvalue weighted by Gasteiger charge is 2.13. The Kier molecular flexibility index (Phi) is 8.50. The first-order valence-corrected chi connectivity index (χ1v) is 7.96. The van der Waals surface area contributed by atoms with E-state index in [1.54, 1.807) is 0 Å². The van der Waals surface area contributed by atoms with Gasteiger partial charge in [0.25, 0.3) is 0 Å². The molecule has 0 saturated carbocycles. The van der Waals surface area contributed by atoms with Crippen LogP contribution < -0.4 is 14.8 Å². The van der Waals surface area contributed by atoms with Crippen LogP contribution in [0.2, 0.25) is 5.02 Å². The first-order valence-electron chi connectivity index (χ1n) is 7.58. The molecule has 0 saturated heterocycles. The van der Waals surface area contributed by atoms with Crippen molar-refractivity contribution in [2.24, 2.45) is 0 Å². The molecule has 0 aromatic heterocycles. The standard InChI is InChI=1S/C16H26ClNO3/c1-4-7-21-16-14(17)8-12(9-15(16)20-6-3)10-18-13(5-2)11-19/h8-9,13,18-19H,4-7,10-11H2,1-3H3. The van der Waals surface area contributed by atoms with Crippen LogP contribution in [-0.4, -0.2) is 31.0 Å². The van der Waals surface area contributed by atoms with E-state index >= 15 is 0 Å². The summed E-state index contributed by atoms with van der Waals surface area (Å²) < 4.78 is 11.3. The van der Waals surface area contributed by atoms with Crippen LogP contribution in [-0.2, 0) is 6.54 Å². The fourth-order valence-electron chi connectivity index (χ4n) is 1.93. The molecule has 0 aliphatic heterocycles. The molecule has 120 valence electrons. The summed E-state index contributed by atoms with van der Waals surface area (Å²) in [5.74, 6) is 1.28. The third kappa shape index (κ3) is 5.73. The second-order valence-corrected chi connectivity index (χ2v) is 5.26. The van der Waals surface area contributed by atoms with Gasteiger partial charge in [-0.2, -0.15) is 0 Å². The number of hydrogen-bond acceptors (Lipinski definition) is 4. The number of nitrogens with one attached hydrogen (secondary N) is 1. The van der Waals surface area contributed by atoms with E-state index in [1.807, 2.05) is 32.9 Å². The normalized spacial score (nSPS) is 12.2. The highest BCUT2D eigenvalue weighted by Crippen LogP contribution is 2.36. The number of aliphatic hydroxyl groups excluding tert-OH is 1. The second-order valence-electron chi connectivity index (χ2n) is 4.86. The molecule has 0 aliphatic carbocycles. The Morgan fingerprint density at radius 1 is 1.24 bits per heavy atom. The molecule has 21 heavy (non-hydrogen) atoms. The molecule has 1 aromatic rings. The monoisotopic (exact) mass is 315 g/mol. The largest absolute Gasteiger partial charge is 0.490 e. The van der Waals surface area contributed by atoms with Crippen molar-refractivity contribution >= 4 is 11.6 Å². The molecule has 1 rings (SSSR count). The van der Waals surface area contributed by atoms with Crippen LogP contribution in [0.3, 0.4) is 0 Å². The number of hydrogen-bond donors (Lipinski definition) is 2. The van der Waals surface area contributed by atoms with Crippen LogP contribution >= 0.6 is 11.6 Å². The first-order chi connectivity index (χ1) is 10.2. The molecular formula is C16H26ClNO3. The van der Waals surface area contributed by atoms with E-state index in [0.29, 0.717) is 36.3 Å². The summed E-state index contributed by atoms with van der Waals surface area (Å²) in [5.41, 5.74) is 1.01. The number of aliphatic hydroxyl groups is 1. The van der Waals surface area contributed by atoms with Crippen molar-refractivity contribution in [1.29, 1.82) is 0 Å². The molecule has 0 radical (unpaired) electrons. The first kappa shape index (κ1) is 18.1. The van der Waals surface area contributed by atoms with E-state index in [1.165, 1.54) is 0 Å². The van der Waals surface area contributed by atoms with Crippen LogP contribution in [0.1, 0.15) is 39.2 Å². The summed E-state index contributed by atoms with van der Waals surface area (Å²) in [4.78, 5) is 0. The van der Waals surface area contributed by atoms with Crippen molar-refractivity contribution in [3.63, 3.8) is 0 Å². The average Bonchev–Trinajstić information content (AvgIpc) is 2.48. The fraction of sp³-hybridized carbons (Fsp3) is 0.625. The minimum Gasteiger partial charge on any atom is -0.490 e. The van der Waals surface area contributed by atoms with E-state index in [-0.39, 0.29) is 12.6 Å². The maximum absolute atomic E-state index is 9.21. The molecule has 0 fully saturated rings. The van der Waals surface area contributed by atoms with Crippen molar-refractivity contribution in [1.82, 2.24) is 5.32 Å². The minimum atomic E-state index is 0.0929. The molecule has 5 heteroatoms. The van der Waals surface area contributed by atoms with Gasteiger partial charge in [-0.15, -0.1) is 0 Å². The maximum atomic E-state index is 9.21. The lowest BCUT2D eigenvalue weighted by atomic mass is 10.1. The van der Waals surface area contributed by atoms with Gasteiger partial charge in [0.1, 0.15) is 0 Å². The van der Waals surface area contributed by atoms with Crippen molar-refractivity contribution in [3.05, 3.63) is 22.7 Å². The van der Waals surface area contributed by atoms with Crippen LogP contribution in [0, 0.1) is 0 Å². The minimum absolute atomic E-state index is 0.0929. The maximum Gasteiger partial charge on any atom is 0.179 e. The lowest BCUT2D eigenvalue weighted by molar-refractivity contribution is 0.238. The zero-order chi connectivity index (χ0) is 15.7. The molecule has 2 N–H and O–H groups in total. The van der Waals surface area contributed by atoms with Gasteiger partial charge in [-0.3, -0.25) is 0 Å². The van der Waals surface area contributed by atoms with E-state index < -0.39 is 0 Å². The highest BCUT2D eigenvalue weighted by molar-refractivity contribution is 6.32. The molecular weight excluding hydrogens is 290 g/mol. The quantitative estimate of drug-likeness (QED) is 0.695. The summed E-state index contributed by atoms with van der Waals surface area (Å²) in [6, 6.07) is 3.92. The molecule has 1 aromatic carbocycles. The lowest BCUT2D eigenvalue weighted by Gasteiger charge is -2.17. The van der Waals surface area contributed by atoms with Crippen LogP contribution in [0.4, 0.5) is 0 Å². The lowest BCUT2D eigenvalue weighted by Crippen LogP contribution is -2.31. The van der Waals surface area contributed by atoms with E-state index in [4.69, 9.17) is 21.1 Å². The van der Waals surface area contributed by atoms with Crippen LogP contribution in [0.5, 0.6) is 11.5 Å². The van der Waals surface area contributed by atoms with Gasteiger partial charge in [0, 0.05) is 12.6 Å². The Balaban J connectivity index is 2.86. The van der Waals surface area contributed by atoms with Gasteiger partial charge >= 0.3 is 0 Å². The number of ether oxygens (including phenoxy) is 2. The molecule has 1 unspecified atom stereocenters. The Morgan fingerprint density at radius 2 is 2.00 bits per heavy atom. The zero-order valence-electron chi connectivity index (χ0n) is 13.1. The number of rotatable bonds is 10. The molecule has 0 spiro atoms.